The van der Waals surface area contributed by atoms with E-state index in [0.29, 0.717) is 23.3 Å². The number of hydrogen-bond donors (Lipinski definition) is 0. The van der Waals surface area contributed by atoms with E-state index in [1.807, 2.05) is 78.9 Å². The highest BCUT2D eigenvalue weighted by Crippen LogP contribution is 2.47. The molecular weight excluding hydrogens is 739 g/mol. The van der Waals surface area contributed by atoms with Gasteiger partial charge in [0.15, 0.2) is 23.3 Å². The lowest BCUT2D eigenvalue weighted by molar-refractivity contribution is 0.669. The van der Waals surface area contributed by atoms with Crippen molar-refractivity contribution in [2.24, 2.45) is 0 Å². The van der Waals surface area contributed by atoms with Gasteiger partial charge in [-0.25, -0.2) is 24.9 Å². The van der Waals surface area contributed by atoms with Crippen LogP contribution in [-0.4, -0.2) is 24.9 Å². The molecule has 0 aliphatic rings. The van der Waals surface area contributed by atoms with Gasteiger partial charge in [0.05, 0.1) is 21.5 Å². The molecule has 0 radical (unpaired) electrons. The van der Waals surface area contributed by atoms with Gasteiger partial charge in [-0.2, -0.15) is 0 Å². The zero-order valence-electron chi connectivity index (χ0n) is 30.0. The van der Waals surface area contributed by atoms with Crippen LogP contribution in [0.25, 0.3) is 119 Å². The van der Waals surface area contributed by atoms with Crippen molar-refractivity contribution in [3.05, 3.63) is 164 Å². The van der Waals surface area contributed by atoms with Crippen molar-refractivity contribution in [3.63, 3.8) is 0 Å². The van der Waals surface area contributed by atoms with Crippen molar-refractivity contribution < 1.29 is 4.42 Å². The summed E-state index contributed by atoms with van der Waals surface area (Å²) in [5.74, 6) is 2.54. The van der Waals surface area contributed by atoms with Crippen molar-refractivity contribution in [3.8, 4) is 56.8 Å². The number of para-hydroxylation sites is 2. The first kappa shape index (κ1) is 32.1. The van der Waals surface area contributed by atoms with Crippen molar-refractivity contribution >= 4 is 85.1 Å². The zero-order chi connectivity index (χ0) is 37.5. The maximum absolute atomic E-state index is 6.51. The second kappa shape index (κ2) is 12.7. The summed E-state index contributed by atoms with van der Waals surface area (Å²) >= 11 is 3.51. The Morgan fingerprint density at radius 1 is 0.368 bits per heavy atom. The topological polar surface area (TPSA) is 77.6 Å². The van der Waals surface area contributed by atoms with Crippen molar-refractivity contribution in [1.82, 2.24) is 24.9 Å². The average Bonchev–Trinajstić information content (AvgIpc) is 3.98. The van der Waals surface area contributed by atoms with Gasteiger partial charge in [0.2, 0.25) is 0 Å². The van der Waals surface area contributed by atoms with Crippen molar-refractivity contribution in [1.29, 1.82) is 0 Å². The number of benzene rings is 7. The Hall–Kier alpha value is -7.13. The Bertz CT molecular complexity index is 3480. The monoisotopic (exact) mass is 765 g/mol. The van der Waals surface area contributed by atoms with Gasteiger partial charge in [-0.1, -0.05) is 140 Å². The summed E-state index contributed by atoms with van der Waals surface area (Å²) in [6.07, 6.45) is 0. The molecule has 0 spiro atoms. The summed E-state index contributed by atoms with van der Waals surface area (Å²) in [5.41, 5.74) is 8.23. The molecule has 0 amide bonds. The second-order valence-electron chi connectivity index (χ2n) is 14.0. The third-order valence-corrected chi connectivity index (χ3v) is 13.0. The molecule has 5 aromatic heterocycles. The number of rotatable bonds is 5. The molecule has 7 aromatic carbocycles. The third kappa shape index (κ3) is 5.12. The van der Waals surface area contributed by atoms with Crippen molar-refractivity contribution in [2.45, 2.75) is 0 Å². The van der Waals surface area contributed by atoms with Gasteiger partial charge in [0.25, 0.3) is 0 Å². The maximum atomic E-state index is 6.51. The van der Waals surface area contributed by atoms with E-state index in [2.05, 4.69) is 84.9 Å². The van der Waals surface area contributed by atoms with E-state index in [0.717, 1.165) is 91.2 Å². The summed E-state index contributed by atoms with van der Waals surface area (Å²) < 4.78 is 11.0. The number of aromatic nitrogens is 5. The lowest BCUT2D eigenvalue weighted by atomic mass is 10.0. The van der Waals surface area contributed by atoms with Gasteiger partial charge >= 0.3 is 0 Å². The Morgan fingerprint density at radius 2 is 0.930 bits per heavy atom. The van der Waals surface area contributed by atoms with E-state index in [1.54, 1.807) is 22.7 Å². The quantitative estimate of drug-likeness (QED) is 0.174. The van der Waals surface area contributed by atoms with Gasteiger partial charge < -0.3 is 4.42 Å². The van der Waals surface area contributed by atoms with Gasteiger partial charge in [0.1, 0.15) is 11.2 Å². The second-order valence-corrected chi connectivity index (χ2v) is 16.1. The molecule has 0 fully saturated rings. The minimum absolute atomic E-state index is 0.633. The summed E-state index contributed by atoms with van der Waals surface area (Å²) in [7, 11) is 0. The largest absolute Gasteiger partial charge is 0.455 e. The molecule has 0 unspecified atom stereocenters. The highest BCUT2D eigenvalue weighted by atomic mass is 32.1. The highest BCUT2D eigenvalue weighted by Gasteiger charge is 2.23. The van der Waals surface area contributed by atoms with E-state index < -0.39 is 0 Å². The predicted molar refractivity (Wildman–Crippen MR) is 236 cm³/mol. The van der Waals surface area contributed by atoms with Gasteiger partial charge in [0, 0.05) is 63.3 Å². The average molecular weight is 766 g/mol. The van der Waals surface area contributed by atoms with Crippen LogP contribution in [0.1, 0.15) is 0 Å². The van der Waals surface area contributed by atoms with E-state index in [-0.39, 0.29) is 0 Å². The first-order chi connectivity index (χ1) is 28.2. The molecule has 266 valence electrons. The minimum Gasteiger partial charge on any atom is -0.455 e. The van der Waals surface area contributed by atoms with Crippen molar-refractivity contribution in [2.75, 3.05) is 0 Å². The van der Waals surface area contributed by atoms with Crippen LogP contribution in [0.3, 0.4) is 0 Å². The van der Waals surface area contributed by atoms with E-state index in [9.17, 15) is 0 Å². The Kier molecular flexibility index (Phi) is 7.17. The third-order valence-electron chi connectivity index (χ3n) is 10.6. The Labute approximate surface area is 333 Å². The number of thiophene rings is 2. The van der Waals surface area contributed by atoms with E-state index in [4.69, 9.17) is 29.3 Å². The summed E-state index contributed by atoms with van der Waals surface area (Å²) in [5, 5.41) is 5.47. The normalized spacial score (nSPS) is 11.9. The molecule has 5 heterocycles. The SMILES string of the molecule is c1ccc(-c2nc(-c3ccccc3)nc(-c3cccc4sc5c(-c6nc(-c7cccc8c7oc7ccccc78)nc7c6sc6ccccc67)cccc5c34)n2)cc1. The fraction of sp³-hybridized carbons (Fsp3) is 0. The lowest BCUT2D eigenvalue weighted by Crippen LogP contribution is -2.00. The molecule has 0 N–H and O–H groups in total. The molecule has 0 atom stereocenters. The summed E-state index contributed by atoms with van der Waals surface area (Å²) in [6, 6.07) is 56.1. The fourth-order valence-corrected chi connectivity index (χ4v) is 10.4. The fourth-order valence-electron chi connectivity index (χ4n) is 7.97. The van der Waals surface area contributed by atoms with E-state index in [1.165, 1.54) is 4.70 Å². The first-order valence-electron chi connectivity index (χ1n) is 18.7. The van der Waals surface area contributed by atoms with Crippen LogP contribution in [0.5, 0.6) is 0 Å². The van der Waals surface area contributed by atoms with Crippen LogP contribution in [0.2, 0.25) is 0 Å². The molecule has 12 rings (SSSR count). The molecular formula is C49H27N5OS2. The van der Waals surface area contributed by atoms with Gasteiger partial charge in [-0.15, -0.1) is 22.7 Å². The lowest BCUT2D eigenvalue weighted by Gasteiger charge is -2.10. The molecule has 0 bridgehead atoms. The molecule has 12 aromatic rings. The predicted octanol–water partition coefficient (Wildman–Crippen LogP) is 13.6. The molecule has 0 saturated heterocycles. The molecule has 6 nitrogen and oxygen atoms in total. The summed E-state index contributed by atoms with van der Waals surface area (Å²) in [4.78, 5) is 26.0. The molecule has 0 aliphatic heterocycles. The number of nitrogens with zero attached hydrogens (tertiary/aromatic N) is 5. The van der Waals surface area contributed by atoms with Gasteiger partial charge in [-0.05, 0) is 24.3 Å². The number of hydrogen-bond acceptors (Lipinski definition) is 8. The minimum atomic E-state index is 0.633. The molecule has 0 saturated carbocycles. The van der Waals surface area contributed by atoms with Crippen LogP contribution in [0.15, 0.2) is 168 Å². The molecule has 8 heteroatoms. The highest BCUT2D eigenvalue weighted by molar-refractivity contribution is 7.27. The standard InChI is InChI=1S/C49H27N5OS2/c1-3-14-28(15-4-1)46-52-47(29-16-5-2-6-17-29)54-48(53-46)34-22-13-27-39-40(34)33-21-12-23-35(44(33)57-39)42-45-41(32-19-8-10-26-38(32)56-45)50-49(51-42)36-24-11-20-31-30-18-7-9-25-37(30)55-43(31)36/h1-27H. The maximum Gasteiger partial charge on any atom is 0.164 e. The zero-order valence-corrected chi connectivity index (χ0v) is 31.7. The van der Waals surface area contributed by atoms with Crippen LogP contribution in [-0.2, 0) is 0 Å². The smallest absolute Gasteiger partial charge is 0.164 e. The summed E-state index contributed by atoms with van der Waals surface area (Å²) in [6.45, 7) is 0. The molecule has 57 heavy (non-hydrogen) atoms. The van der Waals surface area contributed by atoms with Crippen LogP contribution < -0.4 is 0 Å². The number of fused-ring (bicyclic) bond motifs is 9. The van der Waals surface area contributed by atoms with E-state index >= 15 is 0 Å². The van der Waals surface area contributed by atoms with Gasteiger partial charge in [-0.3, -0.25) is 0 Å². The van der Waals surface area contributed by atoms with Crippen LogP contribution in [0, 0.1) is 0 Å². The Balaban J connectivity index is 1.11. The number of furan rings is 1. The Morgan fingerprint density at radius 3 is 1.72 bits per heavy atom. The molecule has 0 aliphatic carbocycles. The van der Waals surface area contributed by atoms with Crippen LogP contribution in [0.4, 0.5) is 0 Å². The van der Waals surface area contributed by atoms with Crippen LogP contribution >= 0.6 is 22.7 Å². The first-order valence-corrected chi connectivity index (χ1v) is 20.3.